The van der Waals surface area contributed by atoms with Gasteiger partial charge in [-0.3, -0.25) is 4.79 Å². The average molecular weight is 260 g/mol. The molecule has 0 saturated carbocycles. The molecule has 0 fully saturated rings. The van der Waals surface area contributed by atoms with E-state index in [1.807, 2.05) is 0 Å². The van der Waals surface area contributed by atoms with Gasteiger partial charge in [0, 0.05) is 10.6 Å². The molecule has 0 saturated heterocycles. The zero-order valence-electron chi connectivity index (χ0n) is 7.12. The van der Waals surface area contributed by atoms with Crippen LogP contribution in [0.15, 0.2) is 23.1 Å². The van der Waals surface area contributed by atoms with Crippen LogP contribution in [-0.4, -0.2) is 5.78 Å². The molecule has 1 aromatic rings. The highest BCUT2D eigenvalue weighted by molar-refractivity contribution is 9.09. The van der Waals surface area contributed by atoms with Crippen molar-refractivity contribution in [3.8, 4) is 0 Å². The van der Waals surface area contributed by atoms with Gasteiger partial charge in [0.1, 0.15) is 5.78 Å². The first-order valence-electron chi connectivity index (χ1n) is 3.75. The molecule has 13 heavy (non-hydrogen) atoms. The Kier molecular flexibility index (Phi) is 3.39. The van der Waals surface area contributed by atoms with Gasteiger partial charge < -0.3 is 5.73 Å². The zero-order valence-corrected chi connectivity index (χ0v) is 9.60. The van der Waals surface area contributed by atoms with E-state index in [-0.39, 0.29) is 10.6 Å². The van der Waals surface area contributed by atoms with E-state index in [0.717, 1.165) is 10.5 Å². The number of carbonyl (C=O) groups is 1. The fourth-order valence-electron chi connectivity index (χ4n) is 0.994. The number of rotatable bonds is 2. The summed E-state index contributed by atoms with van der Waals surface area (Å²) in [4.78, 5) is 11.5. The third-order valence-corrected chi connectivity index (χ3v) is 3.21. The molecule has 0 heterocycles. The van der Waals surface area contributed by atoms with Gasteiger partial charge in [-0.05, 0) is 24.6 Å². The lowest BCUT2D eigenvalue weighted by molar-refractivity contribution is -0.116. The summed E-state index contributed by atoms with van der Waals surface area (Å²) in [6.45, 7) is 1.53. The smallest absolute Gasteiger partial charge is 0.147 e. The van der Waals surface area contributed by atoms with E-state index in [2.05, 4.69) is 28.6 Å². The second-order valence-electron chi connectivity index (χ2n) is 2.79. The van der Waals surface area contributed by atoms with Gasteiger partial charge in [-0.1, -0.05) is 22.0 Å². The van der Waals surface area contributed by atoms with E-state index >= 15 is 0 Å². The number of alkyl halides is 1. The Morgan fingerprint density at radius 3 is 2.69 bits per heavy atom. The second-order valence-corrected chi connectivity index (χ2v) is 4.19. The Morgan fingerprint density at radius 1 is 1.62 bits per heavy atom. The average Bonchev–Trinajstić information content (AvgIpc) is 2.03. The van der Waals surface area contributed by atoms with Gasteiger partial charge in [-0.25, -0.2) is 0 Å². The lowest BCUT2D eigenvalue weighted by atomic mass is 10.1. The topological polar surface area (TPSA) is 43.1 Å². The first-order valence-corrected chi connectivity index (χ1v) is 5.11. The molecule has 0 aliphatic rings. The summed E-state index contributed by atoms with van der Waals surface area (Å²) in [5, 5.41) is 0. The van der Waals surface area contributed by atoms with Crippen molar-refractivity contribution in [1.29, 1.82) is 0 Å². The summed E-state index contributed by atoms with van der Waals surface area (Å²) in [5.41, 5.74) is 7.06. The maximum Gasteiger partial charge on any atom is 0.147 e. The number of benzene rings is 1. The van der Waals surface area contributed by atoms with E-state index in [0.29, 0.717) is 5.69 Å². The third-order valence-electron chi connectivity index (χ3n) is 1.68. The minimum atomic E-state index is -0.291. The Labute approximate surface area is 91.1 Å². The molecule has 0 aromatic heterocycles. The van der Waals surface area contributed by atoms with Crippen molar-refractivity contribution in [3.63, 3.8) is 0 Å². The lowest BCUT2D eigenvalue weighted by Gasteiger charge is -2.09. The molecule has 1 unspecified atom stereocenters. The fourth-order valence-corrected chi connectivity index (χ4v) is 1.92. The molecule has 1 aromatic carbocycles. The quantitative estimate of drug-likeness (QED) is 0.487. The number of hydrogen-bond acceptors (Lipinski definition) is 3. The largest absolute Gasteiger partial charge is 0.399 e. The molecular weight excluding hydrogens is 250 g/mol. The molecule has 0 aliphatic heterocycles. The summed E-state index contributed by atoms with van der Waals surface area (Å²) in [7, 11) is 0. The number of thiol groups is 1. The first-order chi connectivity index (χ1) is 6.02. The molecule has 0 amide bonds. The van der Waals surface area contributed by atoms with E-state index in [1.54, 1.807) is 18.2 Å². The van der Waals surface area contributed by atoms with Gasteiger partial charge in [0.15, 0.2) is 0 Å². The predicted octanol–water partition coefficient (Wildman–Crippen LogP) is 2.58. The van der Waals surface area contributed by atoms with Crippen LogP contribution in [0.5, 0.6) is 0 Å². The Morgan fingerprint density at radius 2 is 2.23 bits per heavy atom. The second kappa shape index (κ2) is 4.15. The Hall–Kier alpha value is -0.480. The Bertz CT molecular complexity index is 340. The van der Waals surface area contributed by atoms with Crippen molar-refractivity contribution in [1.82, 2.24) is 0 Å². The lowest BCUT2D eigenvalue weighted by Crippen LogP contribution is -2.02. The Balaban J connectivity index is 3.08. The van der Waals surface area contributed by atoms with Crippen LogP contribution >= 0.6 is 28.6 Å². The van der Waals surface area contributed by atoms with Gasteiger partial charge in [-0.15, -0.1) is 12.6 Å². The third kappa shape index (κ3) is 2.48. The van der Waals surface area contributed by atoms with Crippen molar-refractivity contribution >= 4 is 40.0 Å². The van der Waals surface area contributed by atoms with Gasteiger partial charge in [0.05, 0.1) is 4.83 Å². The van der Waals surface area contributed by atoms with Crippen LogP contribution in [0.1, 0.15) is 17.3 Å². The van der Waals surface area contributed by atoms with Crippen LogP contribution in [0, 0.1) is 0 Å². The first kappa shape index (κ1) is 10.6. The summed E-state index contributed by atoms with van der Waals surface area (Å²) in [6.07, 6.45) is 0. The molecular formula is C9H10BrNOS. The van der Waals surface area contributed by atoms with Crippen molar-refractivity contribution < 1.29 is 4.79 Å². The predicted molar refractivity (Wildman–Crippen MR) is 60.5 cm³/mol. The number of Topliss-reactive ketones (excluding diaryl/α,β-unsaturated/α-hetero) is 1. The maximum atomic E-state index is 11.1. The minimum Gasteiger partial charge on any atom is -0.399 e. The highest BCUT2D eigenvalue weighted by Gasteiger charge is 2.14. The molecule has 0 aliphatic carbocycles. The monoisotopic (exact) mass is 259 g/mol. The number of nitrogens with two attached hydrogens (primary N) is 1. The standard InChI is InChI=1S/C9H10BrNOS/c1-5(12)9(10)7-3-2-6(11)4-8(7)13/h2-4,9,13H,11H2,1H3. The SMILES string of the molecule is CC(=O)C(Br)c1ccc(N)cc1S. The van der Waals surface area contributed by atoms with Crippen molar-refractivity contribution in [3.05, 3.63) is 23.8 Å². The molecule has 70 valence electrons. The zero-order chi connectivity index (χ0) is 10.0. The molecule has 1 rings (SSSR count). The highest BCUT2D eigenvalue weighted by atomic mass is 79.9. The molecule has 4 heteroatoms. The number of carbonyl (C=O) groups excluding carboxylic acids is 1. The summed E-state index contributed by atoms with van der Waals surface area (Å²) < 4.78 is 0. The molecule has 2 nitrogen and oxygen atoms in total. The van der Waals surface area contributed by atoms with E-state index < -0.39 is 0 Å². The normalized spacial score (nSPS) is 12.5. The van der Waals surface area contributed by atoms with Crippen LogP contribution in [0.3, 0.4) is 0 Å². The van der Waals surface area contributed by atoms with Crippen LogP contribution in [0.25, 0.3) is 0 Å². The van der Waals surface area contributed by atoms with Crippen LogP contribution < -0.4 is 5.73 Å². The summed E-state index contributed by atoms with van der Waals surface area (Å²) >= 11 is 7.53. The van der Waals surface area contributed by atoms with Crippen molar-refractivity contribution in [2.24, 2.45) is 0 Å². The molecule has 0 radical (unpaired) electrons. The molecule has 0 bridgehead atoms. The van der Waals surface area contributed by atoms with Crippen molar-refractivity contribution in [2.75, 3.05) is 5.73 Å². The number of ketones is 1. The van der Waals surface area contributed by atoms with Crippen LogP contribution in [0.2, 0.25) is 0 Å². The van der Waals surface area contributed by atoms with E-state index in [1.165, 1.54) is 6.92 Å². The van der Waals surface area contributed by atoms with Crippen molar-refractivity contribution in [2.45, 2.75) is 16.6 Å². The van der Waals surface area contributed by atoms with Gasteiger partial charge >= 0.3 is 0 Å². The molecule has 1 atom stereocenters. The van der Waals surface area contributed by atoms with E-state index in [9.17, 15) is 4.79 Å². The molecule has 2 N–H and O–H groups in total. The summed E-state index contributed by atoms with van der Waals surface area (Å²) in [5.74, 6) is 0.0556. The number of nitrogen functional groups attached to an aromatic ring is 1. The van der Waals surface area contributed by atoms with Gasteiger partial charge in [0.2, 0.25) is 0 Å². The molecule has 0 spiro atoms. The van der Waals surface area contributed by atoms with E-state index in [4.69, 9.17) is 5.73 Å². The minimum absolute atomic E-state index is 0.0556. The van der Waals surface area contributed by atoms with Gasteiger partial charge in [-0.2, -0.15) is 0 Å². The maximum absolute atomic E-state index is 11.1. The highest BCUT2D eigenvalue weighted by Crippen LogP contribution is 2.30. The summed E-state index contributed by atoms with van der Waals surface area (Å²) in [6, 6.07) is 5.29. The number of halogens is 1. The van der Waals surface area contributed by atoms with Gasteiger partial charge in [0.25, 0.3) is 0 Å². The van der Waals surface area contributed by atoms with Crippen LogP contribution in [0.4, 0.5) is 5.69 Å². The number of anilines is 1. The number of hydrogen-bond donors (Lipinski definition) is 2. The fraction of sp³-hybridized carbons (Fsp3) is 0.222. The van der Waals surface area contributed by atoms with Crippen LogP contribution in [-0.2, 0) is 4.79 Å².